The van der Waals surface area contributed by atoms with Crippen molar-refractivity contribution in [3.8, 4) is 0 Å². The van der Waals surface area contributed by atoms with E-state index in [1.807, 2.05) is 0 Å². The summed E-state index contributed by atoms with van der Waals surface area (Å²) in [6.07, 6.45) is -3.98. The van der Waals surface area contributed by atoms with E-state index in [-0.39, 0.29) is 30.8 Å². The van der Waals surface area contributed by atoms with Gasteiger partial charge in [0.15, 0.2) is 5.78 Å². The van der Waals surface area contributed by atoms with E-state index in [2.05, 4.69) is 0 Å². The van der Waals surface area contributed by atoms with E-state index >= 15 is 0 Å². The summed E-state index contributed by atoms with van der Waals surface area (Å²) in [5.41, 5.74) is -3.31. The summed E-state index contributed by atoms with van der Waals surface area (Å²) in [6, 6.07) is 8.27. The zero-order chi connectivity index (χ0) is 27.8. The summed E-state index contributed by atoms with van der Waals surface area (Å²) < 4.78 is 22.8. The minimum Gasteiger partial charge on any atom is -0.457 e. The standard InChI is InChI=1S/C28H38O9/c1-16-21(31)14-28(33)24(36-25(32)18-11-9-8-10-12-18)19(27(5,15-34-6)37-17(2)29)13-20(30)23(35-7)22(16)26(28,3)4/h8-12,19,21,23-24,31,33H,13-15H2,1-7H3/t19?,21-,23-,24-,27+,28+/m0/s1. The van der Waals surface area contributed by atoms with Gasteiger partial charge >= 0.3 is 11.9 Å². The number of ketones is 1. The Balaban J connectivity index is 2.30. The van der Waals surface area contributed by atoms with E-state index in [9.17, 15) is 24.6 Å². The Morgan fingerprint density at radius 2 is 1.78 bits per heavy atom. The van der Waals surface area contributed by atoms with Crippen LogP contribution in [0.25, 0.3) is 0 Å². The van der Waals surface area contributed by atoms with E-state index < -0.39 is 52.8 Å². The largest absolute Gasteiger partial charge is 0.457 e. The van der Waals surface area contributed by atoms with Crippen LogP contribution in [0, 0.1) is 11.3 Å². The molecule has 2 N–H and O–H groups in total. The molecule has 1 aromatic rings. The average molecular weight is 519 g/mol. The molecular weight excluding hydrogens is 480 g/mol. The predicted molar refractivity (Wildman–Crippen MR) is 134 cm³/mol. The molecule has 9 heteroatoms. The molecule has 9 nitrogen and oxygen atoms in total. The average Bonchev–Trinajstić information content (AvgIpc) is 2.82. The van der Waals surface area contributed by atoms with Crippen LogP contribution in [0.15, 0.2) is 41.5 Å². The van der Waals surface area contributed by atoms with E-state index in [1.54, 1.807) is 58.0 Å². The summed E-state index contributed by atoms with van der Waals surface area (Å²) in [6.45, 7) is 7.86. The molecule has 2 aliphatic carbocycles. The second-order valence-electron chi connectivity index (χ2n) is 10.8. The van der Waals surface area contributed by atoms with Gasteiger partial charge in [-0.3, -0.25) is 9.59 Å². The number of hydrogen-bond donors (Lipinski definition) is 2. The Bertz CT molecular complexity index is 1060. The fourth-order valence-electron chi connectivity index (χ4n) is 6.09. The molecule has 1 unspecified atom stereocenters. The lowest BCUT2D eigenvalue weighted by Gasteiger charge is -2.58. The van der Waals surface area contributed by atoms with Crippen molar-refractivity contribution in [1.82, 2.24) is 0 Å². The number of aliphatic hydroxyl groups is 2. The highest BCUT2D eigenvalue weighted by Gasteiger charge is 2.65. The second kappa shape index (κ2) is 10.6. The molecular formula is C28H38O9. The molecule has 0 aromatic heterocycles. The van der Waals surface area contributed by atoms with Crippen molar-refractivity contribution in [3.05, 3.63) is 47.0 Å². The van der Waals surface area contributed by atoms with Crippen LogP contribution in [0.1, 0.15) is 57.8 Å². The van der Waals surface area contributed by atoms with Gasteiger partial charge in [-0.15, -0.1) is 0 Å². The van der Waals surface area contributed by atoms with Gasteiger partial charge in [0, 0.05) is 45.3 Å². The first-order valence-electron chi connectivity index (χ1n) is 12.3. The number of ether oxygens (including phenoxy) is 4. The minimum absolute atomic E-state index is 0.137. The van der Waals surface area contributed by atoms with Crippen LogP contribution in [-0.4, -0.2) is 78.3 Å². The number of fused-ring (bicyclic) bond motifs is 2. The Morgan fingerprint density at radius 1 is 1.16 bits per heavy atom. The molecule has 0 heterocycles. The van der Waals surface area contributed by atoms with Gasteiger partial charge in [0.25, 0.3) is 0 Å². The molecule has 2 aliphatic rings. The highest BCUT2D eigenvalue weighted by Crippen LogP contribution is 2.56. The minimum atomic E-state index is -1.87. The maximum atomic E-state index is 13.7. The molecule has 37 heavy (non-hydrogen) atoms. The molecule has 0 amide bonds. The molecule has 0 saturated heterocycles. The van der Waals surface area contributed by atoms with Gasteiger partial charge in [0.2, 0.25) is 0 Å². The molecule has 0 aliphatic heterocycles. The van der Waals surface area contributed by atoms with Gasteiger partial charge in [-0.2, -0.15) is 0 Å². The number of carbonyl (C=O) groups excluding carboxylic acids is 3. The molecule has 2 bridgehead atoms. The Morgan fingerprint density at radius 3 is 2.32 bits per heavy atom. The summed E-state index contributed by atoms with van der Waals surface area (Å²) in [5, 5.41) is 23.6. The van der Waals surface area contributed by atoms with Gasteiger partial charge in [0.1, 0.15) is 23.4 Å². The topological polar surface area (TPSA) is 129 Å². The molecule has 1 fully saturated rings. The number of rotatable bonds is 7. The normalized spacial score (nSPS) is 31.1. The van der Waals surface area contributed by atoms with Crippen LogP contribution in [-0.2, 0) is 28.5 Å². The quantitative estimate of drug-likeness (QED) is 0.413. The summed E-state index contributed by atoms with van der Waals surface area (Å²) >= 11 is 0. The number of benzene rings is 1. The highest BCUT2D eigenvalue weighted by molar-refractivity contribution is 5.90. The number of aliphatic hydroxyl groups excluding tert-OH is 1. The maximum Gasteiger partial charge on any atom is 0.338 e. The van der Waals surface area contributed by atoms with Crippen molar-refractivity contribution in [3.63, 3.8) is 0 Å². The number of methoxy groups -OCH3 is 2. The summed E-state index contributed by atoms with van der Waals surface area (Å²) in [5.74, 6) is -2.75. The monoisotopic (exact) mass is 518 g/mol. The highest BCUT2D eigenvalue weighted by atomic mass is 16.6. The van der Waals surface area contributed by atoms with Crippen LogP contribution in [0.4, 0.5) is 0 Å². The van der Waals surface area contributed by atoms with Crippen LogP contribution >= 0.6 is 0 Å². The number of hydrogen-bond acceptors (Lipinski definition) is 9. The maximum absolute atomic E-state index is 13.7. The fraction of sp³-hybridized carbons (Fsp3) is 0.607. The van der Waals surface area contributed by atoms with E-state index in [1.165, 1.54) is 21.1 Å². The van der Waals surface area contributed by atoms with Crippen molar-refractivity contribution in [2.24, 2.45) is 11.3 Å². The van der Waals surface area contributed by atoms with Gasteiger partial charge in [-0.05, 0) is 37.1 Å². The third kappa shape index (κ3) is 5.10. The summed E-state index contributed by atoms with van der Waals surface area (Å²) in [4.78, 5) is 39.3. The van der Waals surface area contributed by atoms with Crippen LogP contribution in [0.5, 0.6) is 0 Å². The van der Waals surface area contributed by atoms with Crippen molar-refractivity contribution < 1.29 is 43.5 Å². The lowest BCUT2D eigenvalue weighted by molar-refractivity contribution is -0.223. The summed E-state index contributed by atoms with van der Waals surface area (Å²) in [7, 11) is 2.81. The first-order valence-corrected chi connectivity index (χ1v) is 12.3. The molecule has 0 spiro atoms. The molecule has 1 saturated carbocycles. The van der Waals surface area contributed by atoms with E-state index in [0.717, 1.165) is 0 Å². The molecule has 3 rings (SSSR count). The van der Waals surface area contributed by atoms with Gasteiger partial charge in [0.05, 0.1) is 18.3 Å². The van der Waals surface area contributed by atoms with Crippen molar-refractivity contribution in [1.29, 1.82) is 0 Å². The number of esters is 2. The second-order valence-corrected chi connectivity index (χ2v) is 10.8. The Kier molecular flexibility index (Phi) is 8.34. The zero-order valence-corrected chi connectivity index (χ0v) is 22.6. The van der Waals surface area contributed by atoms with Crippen molar-refractivity contribution in [2.45, 2.75) is 77.0 Å². The van der Waals surface area contributed by atoms with Crippen LogP contribution in [0.2, 0.25) is 0 Å². The fourth-order valence-corrected chi connectivity index (χ4v) is 6.09. The van der Waals surface area contributed by atoms with Crippen LogP contribution in [0.3, 0.4) is 0 Å². The van der Waals surface area contributed by atoms with Crippen molar-refractivity contribution >= 4 is 17.7 Å². The van der Waals surface area contributed by atoms with Gasteiger partial charge in [-0.25, -0.2) is 4.79 Å². The lowest BCUT2D eigenvalue weighted by Crippen LogP contribution is -2.68. The molecule has 0 radical (unpaired) electrons. The smallest absolute Gasteiger partial charge is 0.338 e. The predicted octanol–water partition coefficient (Wildman–Crippen LogP) is 2.62. The first kappa shape index (κ1) is 29.0. The number of carbonyl (C=O) groups is 3. The van der Waals surface area contributed by atoms with Crippen molar-refractivity contribution in [2.75, 3.05) is 20.8 Å². The lowest BCUT2D eigenvalue weighted by atomic mass is 9.53. The molecule has 204 valence electrons. The molecule has 1 aromatic carbocycles. The SMILES string of the molecule is COC[C@@](C)(OC(C)=O)C1CC(=O)[C@H](OC)C2=C(C)[C@@H](O)C[C@@](O)([C@H]1OC(=O)c1ccccc1)C2(C)C. The van der Waals surface area contributed by atoms with Gasteiger partial charge < -0.3 is 29.2 Å². The van der Waals surface area contributed by atoms with E-state index in [4.69, 9.17) is 18.9 Å². The van der Waals surface area contributed by atoms with Gasteiger partial charge in [-0.1, -0.05) is 32.0 Å². The Labute approximate surface area is 217 Å². The third-order valence-corrected chi connectivity index (χ3v) is 8.07. The molecule has 6 atom stereocenters. The first-order chi connectivity index (χ1) is 17.2. The number of Topliss-reactive ketones (excluding diaryl/α,β-unsaturated/α-hetero) is 1. The Hall–Kier alpha value is -2.59. The van der Waals surface area contributed by atoms with E-state index in [0.29, 0.717) is 11.1 Å². The zero-order valence-electron chi connectivity index (χ0n) is 22.6. The third-order valence-electron chi connectivity index (χ3n) is 8.07. The van der Waals surface area contributed by atoms with Crippen LogP contribution < -0.4 is 0 Å².